The highest BCUT2D eigenvalue weighted by molar-refractivity contribution is 7.18. The number of halogens is 1. The number of hydrogen-bond donors (Lipinski definition) is 1. The molecule has 3 aliphatic heterocycles. The Morgan fingerprint density at radius 2 is 2.00 bits per heavy atom. The molecule has 1 aromatic heterocycles. The molecule has 2 fully saturated rings. The van der Waals surface area contributed by atoms with Crippen molar-refractivity contribution < 1.29 is 23.9 Å². The fourth-order valence-corrected chi connectivity index (χ4v) is 5.37. The third-order valence-corrected chi connectivity index (χ3v) is 7.21. The highest BCUT2D eigenvalue weighted by Crippen LogP contribution is 2.40. The van der Waals surface area contributed by atoms with E-state index in [1.165, 1.54) is 17.8 Å². The van der Waals surface area contributed by atoms with E-state index in [-0.39, 0.29) is 24.4 Å². The normalized spacial score (nSPS) is 21.1. The maximum absolute atomic E-state index is 12.7. The number of carbonyl (C=O) groups is 3. The predicted octanol–water partition coefficient (Wildman–Crippen LogP) is 5.24. The summed E-state index contributed by atoms with van der Waals surface area (Å²) in [6, 6.07) is 8.54. The van der Waals surface area contributed by atoms with Gasteiger partial charge in [0, 0.05) is 31.1 Å². The molecule has 1 N–H and O–H groups in total. The number of cyclic esters (lactones) is 1. The van der Waals surface area contributed by atoms with Crippen molar-refractivity contribution in [2.75, 3.05) is 29.5 Å². The number of hydrogen-bond acceptors (Lipinski definition) is 6. The van der Waals surface area contributed by atoms with E-state index in [0.29, 0.717) is 46.6 Å². The maximum Gasteiger partial charge on any atom is 0.415 e. The summed E-state index contributed by atoms with van der Waals surface area (Å²) >= 11 is 7.10. The molecule has 10 heteroatoms. The molecule has 2 aromatic rings. The number of fused-ring (bicyclic) bond motifs is 3. The Labute approximate surface area is 214 Å². The topological polar surface area (TPSA) is 88.2 Å². The number of rotatable bonds is 4. The molecule has 1 aromatic carbocycles. The molecule has 3 aliphatic rings. The van der Waals surface area contributed by atoms with Crippen LogP contribution in [-0.2, 0) is 9.53 Å². The Kier molecular flexibility index (Phi) is 8.18. The zero-order valence-corrected chi connectivity index (χ0v) is 21.5. The summed E-state index contributed by atoms with van der Waals surface area (Å²) in [5, 5.41) is 2.83. The zero-order valence-electron chi connectivity index (χ0n) is 19.9. The van der Waals surface area contributed by atoms with Crippen LogP contribution in [0.25, 0.3) is 0 Å². The molecule has 188 valence electrons. The Morgan fingerprint density at radius 3 is 2.71 bits per heavy atom. The second kappa shape index (κ2) is 11.3. The fourth-order valence-electron chi connectivity index (χ4n) is 4.41. The van der Waals surface area contributed by atoms with E-state index in [1.807, 2.05) is 12.1 Å². The summed E-state index contributed by atoms with van der Waals surface area (Å²) in [4.78, 5) is 41.3. The standard InChI is InChI=1S/C22H22ClN3O5S.C3H8/c23-19-7-6-18(32-19)21(28)24-12-17-15-8-10-30-16-11-13(25-9-2-1-3-20(25)27)4-5-14(16)26(15)22(29)31-17;1-3-2/h4-7,11,15,17H,1-3,8-10,12H2,(H,24,28);3H2,1-2H3/t15-,17?;/m0./s1. The lowest BCUT2D eigenvalue weighted by Crippen LogP contribution is -2.42. The molecule has 0 aliphatic carbocycles. The molecular weight excluding hydrogens is 490 g/mol. The van der Waals surface area contributed by atoms with Crippen molar-refractivity contribution in [2.45, 2.75) is 58.1 Å². The minimum Gasteiger partial charge on any atom is -0.491 e. The second-order valence-corrected chi connectivity index (χ2v) is 10.4. The third kappa shape index (κ3) is 5.56. The lowest BCUT2D eigenvalue weighted by atomic mass is 10.1. The Hall–Kier alpha value is -2.78. The van der Waals surface area contributed by atoms with E-state index in [9.17, 15) is 14.4 Å². The smallest absolute Gasteiger partial charge is 0.415 e. The van der Waals surface area contributed by atoms with Gasteiger partial charge in [-0.25, -0.2) is 4.79 Å². The van der Waals surface area contributed by atoms with Crippen LogP contribution in [0, 0.1) is 0 Å². The number of thiophene rings is 1. The first kappa shape index (κ1) is 25.3. The van der Waals surface area contributed by atoms with Gasteiger partial charge in [0.2, 0.25) is 5.91 Å². The van der Waals surface area contributed by atoms with Crippen molar-refractivity contribution in [3.63, 3.8) is 0 Å². The van der Waals surface area contributed by atoms with Gasteiger partial charge in [-0.15, -0.1) is 11.3 Å². The number of piperidine rings is 1. The van der Waals surface area contributed by atoms with Crippen LogP contribution in [0.5, 0.6) is 5.75 Å². The van der Waals surface area contributed by atoms with Gasteiger partial charge in [-0.3, -0.25) is 14.5 Å². The van der Waals surface area contributed by atoms with Gasteiger partial charge in [0.15, 0.2) is 0 Å². The number of ether oxygens (including phenoxy) is 2. The summed E-state index contributed by atoms with van der Waals surface area (Å²) < 4.78 is 12.1. The van der Waals surface area contributed by atoms with Crippen LogP contribution in [-0.4, -0.2) is 49.7 Å². The van der Waals surface area contributed by atoms with Crippen LogP contribution < -0.4 is 19.9 Å². The summed E-state index contributed by atoms with van der Waals surface area (Å²) in [7, 11) is 0. The van der Waals surface area contributed by atoms with E-state index >= 15 is 0 Å². The van der Waals surface area contributed by atoms with Gasteiger partial charge in [0.25, 0.3) is 5.91 Å². The molecule has 1 unspecified atom stereocenters. The summed E-state index contributed by atoms with van der Waals surface area (Å²) in [6.07, 6.45) is 3.26. The summed E-state index contributed by atoms with van der Waals surface area (Å²) in [5.41, 5.74) is 1.39. The SMILES string of the molecule is CCC.O=C(NCC1OC(=O)N2c3ccc(N4CCCCC4=O)cc3OCC[C@@H]12)c1ccc(Cl)s1. The van der Waals surface area contributed by atoms with Crippen LogP contribution >= 0.6 is 22.9 Å². The van der Waals surface area contributed by atoms with Crippen LogP contribution in [0.1, 0.15) is 55.6 Å². The quantitative estimate of drug-likeness (QED) is 0.596. The molecule has 0 saturated carbocycles. The van der Waals surface area contributed by atoms with Crippen molar-refractivity contribution in [1.29, 1.82) is 0 Å². The molecular formula is C25H30ClN3O5S. The lowest BCUT2D eigenvalue weighted by molar-refractivity contribution is -0.119. The molecule has 2 atom stereocenters. The average molecular weight is 520 g/mol. The van der Waals surface area contributed by atoms with Crippen LogP contribution in [0.4, 0.5) is 16.2 Å². The van der Waals surface area contributed by atoms with Crippen LogP contribution in [0.15, 0.2) is 30.3 Å². The number of carbonyl (C=O) groups excluding carboxylic acids is 3. The second-order valence-electron chi connectivity index (χ2n) is 8.67. The van der Waals surface area contributed by atoms with Crippen LogP contribution in [0.3, 0.4) is 0 Å². The number of amides is 3. The fraction of sp³-hybridized carbons (Fsp3) is 0.480. The zero-order chi connectivity index (χ0) is 24.9. The van der Waals surface area contributed by atoms with Gasteiger partial charge < -0.3 is 19.7 Å². The van der Waals surface area contributed by atoms with E-state index < -0.39 is 12.2 Å². The average Bonchev–Trinajstić information content (AvgIpc) is 3.34. The number of nitrogens with one attached hydrogen (secondary N) is 1. The largest absolute Gasteiger partial charge is 0.491 e. The molecule has 3 amide bonds. The van der Waals surface area contributed by atoms with Crippen molar-refractivity contribution in [2.24, 2.45) is 0 Å². The van der Waals surface area contributed by atoms with Crippen molar-refractivity contribution in [1.82, 2.24) is 5.32 Å². The predicted molar refractivity (Wildman–Crippen MR) is 137 cm³/mol. The minimum absolute atomic E-state index is 0.103. The van der Waals surface area contributed by atoms with Gasteiger partial charge in [0.1, 0.15) is 11.9 Å². The van der Waals surface area contributed by atoms with E-state index in [1.54, 1.807) is 28.0 Å². The van der Waals surface area contributed by atoms with Gasteiger partial charge >= 0.3 is 6.09 Å². The number of anilines is 2. The van der Waals surface area contributed by atoms with Crippen molar-refractivity contribution in [3.8, 4) is 5.75 Å². The van der Waals surface area contributed by atoms with E-state index in [2.05, 4.69) is 19.2 Å². The molecule has 5 rings (SSSR count). The Bertz CT molecular complexity index is 1090. The first-order valence-electron chi connectivity index (χ1n) is 12.0. The molecule has 8 nitrogen and oxygen atoms in total. The number of benzene rings is 1. The molecule has 2 saturated heterocycles. The van der Waals surface area contributed by atoms with Gasteiger partial charge in [-0.1, -0.05) is 31.9 Å². The van der Waals surface area contributed by atoms with Gasteiger partial charge in [-0.2, -0.15) is 0 Å². The molecule has 0 radical (unpaired) electrons. The molecule has 4 heterocycles. The van der Waals surface area contributed by atoms with E-state index in [0.717, 1.165) is 18.5 Å². The summed E-state index contributed by atoms with van der Waals surface area (Å²) in [5.74, 6) is 0.405. The maximum atomic E-state index is 12.7. The first-order valence-corrected chi connectivity index (χ1v) is 13.2. The van der Waals surface area contributed by atoms with E-state index in [4.69, 9.17) is 21.1 Å². The monoisotopic (exact) mass is 519 g/mol. The van der Waals surface area contributed by atoms with Crippen molar-refractivity contribution in [3.05, 3.63) is 39.5 Å². The van der Waals surface area contributed by atoms with Crippen LogP contribution in [0.2, 0.25) is 4.34 Å². The van der Waals surface area contributed by atoms with Crippen molar-refractivity contribution >= 4 is 52.2 Å². The Balaban J connectivity index is 0.000000917. The first-order chi connectivity index (χ1) is 16.9. The number of nitrogens with zero attached hydrogens (tertiary/aromatic N) is 2. The van der Waals surface area contributed by atoms with Gasteiger partial charge in [0.05, 0.1) is 34.1 Å². The minimum atomic E-state index is -0.500. The highest BCUT2D eigenvalue weighted by atomic mass is 35.5. The molecule has 0 spiro atoms. The lowest BCUT2D eigenvalue weighted by Gasteiger charge is -2.28. The molecule has 35 heavy (non-hydrogen) atoms. The Morgan fingerprint density at radius 1 is 1.20 bits per heavy atom. The van der Waals surface area contributed by atoms with Gasteiger partial charge in [-0.05, 0) is 37.1 Å². The highest BCUT2D eigenvalue weighted by Gasteiger charge is 2.45. The molecule has 0 bridgehead atoms. The summed E-state index contributed by atoms with van der Waals surface area (Å²) in [6.45, 7) is 5.52. The third-order valence-electron chi connectivity index (χ3n) is 5.98.